The highest BCUT2D eigenvalue weighted by Gasteiger charge is 2.46. The second-order valence-electron chi connectivity index (χ2n) is 5.36. The van der Waals surface area contributed by atoms with E-state index in [-0.39, 0.29) is 0 Å². The zero-order chi connectivity index (χ0) is 17.5. The van der Waals surface area contributed by atoms with E-state index in [1.807, 2.05) is 0 Å². The molecule has 1 saturated heterocycles. The molecule has 0 aromatic heterocycles. The van der Waals surface area contributed by atoms with Crippen LogP contribution >= 0.6 is 0 Å². The van der Waals surface area contributed by atoms with Crippen LogP contribution in [0.1, 0.15) is 28.9 Å². The third-order valence-corrected chi connectivity index (χ3v) is 3.83. The van der Waals surface area contributed by atoms with Crippen LogP contribution in [0, 0.1) is 0 Å². The molecule has 1 aliphatic rings. The molecule has 1 heterocycles. The topological polar surface area (TPSA) is 168 Å². The molecule has 0 radical (unpaired) electrons. The highest BCUT2D eigenvalue weighted by molar-refractivity contribution is 6.00. The fraction of sp³-hybridized carbons (Fsp3) is 0.500. The SMILES string of the molecule is CC(=O)c1c(O)cc(O)c(C2OC(CO)C(O)C(O)C2O)c1O. The van der Waals surface area contributed by atoms with Gasteiger partial charge in [-0.25, -0.2) is 0 Å². The molecule has 5 atom stereocenters. The van der Waals surface area contributed by atoms with Crippen molar-refractivity contribution in [3.63, 3.8) is 0 Å². The standard InChI is InChI=1S/C14H18O9/c1-4(16)8-5(17)2-6(18)9(11(8)20)14-13(22)12(21)10(19)7(3-15)23-14/h2,7,10,12-15,17-22H,3H2,1H3. The van der Waals surface area contributed by atoms with Gasteiger partial charge in [-0.15, -0.1) is 0 Å². The maximum Gasteiger partial charge on any atom is 0.167 e. The number of carbonyl (C=O) groups excluding carboxylic acids is 1. The van der Waals surface area contributed by atoms with Crippen LogP contribution in [0.25, 0.3) is 0 Å². The summed E-state index contributed by atoms with van der Waals surface area (Å²) in [4.78, 5) is 11.5. The van der Waals surface area contributed by atoms with E-state index in [1.165, 1.54) is 0 Å². The molecule has 1 fully saturated rings. The Bertz CT molecular complexity index is 613. The Morgan fingerprint density at radius 3 is 2.22 bits per heavy atom. The van der Waals surface area contributed by atoms with Gasteiger partial charge in [0, 0.05) is 6.07 Å². The Labute approximate surface area is 130 Å². The molecular weight excluding hydrogens is 312 g/mol. The molecular formula is C14H18O9. The zero-order valence-corrected chi connectivity index (χ0v) is 12.1. The van der Waals surface area contributed by atoms with Crippen LogP contribution in [0.5, 0.6) is 17.2 Å². The third kappa shape index (κ3) is 2.84. The van der Waals surface area contributed by atoms with Crippen LogP contribution in [0.2, 0.25) is 0 Å². The fourth-order valence-corrected chi connectivity index (χ4v) is 2.62. The number of aliphatic hydroxyl groups excluding tert-OH is 4. The first kappa shape index (κ1) is 17.4. The molecule has 2 rings (SSSR count). The van der Waals surface area contributed by atoms with E-state index in [9.17, 15) is 35.4 Å². The van der Waals surface area contributed by atoms with Crippen molar-refractivity contribution in [1.82, 2.24) is 0 Å². The maximum atomic E-state index is 11.5. The van der Waals surface area contributed by atoms with Gasteiger partial charge in [-0.3, -0.25) is 4.79 Å². The minimum atomic E-state index is -1.76. The van der Waals surface area contributed by atoms with Gasteiger partial charge in [0.15, 0.2) is 5.78 Å². The Kier molecular flexibility index (Phi) is 4.78. The summed E-state index contributed by atoms with van der Waals surface area (Å²) in [6, 6.07) is 0.785. The highest BCUT2D eigenvalue weighted by atomic mass is 16.5. The molecule has 0 spiro atoms. The first-order chi connectivity index (χ1) is 10.7. The molecule has 23 heavy (non-hydrogen) atoms. The molecule has 0 amide bonds. The summed E-state index contributed by atoms with van der Waals surface area (Å²) < 4.78 is 5.23. The van der Waals surface area contributed by atoms with Crippen LogP contribution in [-0.2, 0) is 4.74 Å². The van der Waals surface area contributed by atoms with Crippen molar-refractivity contribution in [2.45, 2.75) is 37.4 Å². The summed E-state index contributed by atoms with van der Waals surface area (Å²) in [5.41, 5.74) is -0.931. The van der Waals surface area contributed by atoms with Gasteiger partial charge >= 0.3 is 0 Å². The summed E-state index contributed by atoms with van der Waals surface area (Å²) in [6.45, 7) is 0.378. The number of Topliss-reactive ketones (excluding diaryl/α,β-unsaturated/α-hetero) is 1. The average molecular weight is 330 g/mol. The molecule has 1 aromatic carbocycles. The summed E-state index contributed by atoms with van der Waals surface area (Å²) >= 11 is 0. The predicted molar refractivity (Wildman–Crippen MR) is 74.2 cm³/mol. The maximum absolute atomic E-state index is 11.5. The van der Waals surface area contributed by atoms with Crippen molar-refractivity contribution in [2.24, 2.45) is 0 Å². The molecule has 0 bridgehead atoms. The van der Waals surface area contributed by atoms with Gasteiger partial charge in [-0.2, -0.15) is 0 Å². The van der Waals surface area contributed by atoms with Gasteiger partial charge < -0.3 is 40.5 Å². The lowest BCUT2D eigenvalue weighted by Gasteiger charge is -2.40. The fourth-order valence-electron chi connectivity index (χ4n) is 2.62. The van der Waals surface area contributed by atoms with Gasteiger partial charge in [0.1, 0.15) is 53.3 Å². The lowest BCUT2D eigenvalue weighted by atomic mass is 9.89. The number of aromatic hydroxyl groups is 3. The van der Waals surface area contributed by atoms with Crippen LogP contribution in [0.3, 0.4) is 0 Å². The number of hydrogen-bond donors (Lipinski definition) is 7. The molecule has 9 heteroatoms. The quantitative estimate of drug-likeness (QED) is 0.327. The first-order valence-corrected chi connectivity index (χ1v) is 6.79. The number of aliphatic hydroxyl groups is 4. The highest BCUT2D eigenvalue weighted by Crippen LogP contribution is 2.45. The van der Waals surface area contributed by atoms with E-state index in [1.54, 1.807) is 0 Å². The normalized spacial score (nSPS) is 31.1. The van der Waals surface area contributed by atoms with Crippen LogP contribution < -0.4 is 0 Å². The number of phenols is 3. The smallest absolute Gasteiger partial charge is 0.167 e. The number of hydrogen-bond acceptors (Lipinski definition) is 9. The van der Waals surface area contributed by atoms with E-state index in [4.69, 9.17) is 9.84 Å². The van der Waals surface area contributed by atoms with Crippen molar-refractivity contribution in [1.29, 1.82) is 0 Å². The van der Waals surface area contributed by atoms with Crippen LogP contribution in [0.15, 0.2) is 6.07 Å². The molecule has 1 aromatic rings. The number of phenolic OH excluding ortho intramolecular Hbond substituents is 3. The first-order valence-electron chi connectivity index (χ1n) is 6.79. The van der Waals surface area contributed by atoms with E-state index in [2.05, 4.69) is 0 Å². The monoisotopic (exact) mass is 330 g/mol. The third-order valence-electron chi connectivity index (χ3n) is 3.83. The van der Waals surface area contributed by atoms with Crippen molar-refractivity contribution >= 4 is 5.78 Å². The molecule has 9 nitrogen and oxygen atoms in total. The molecule has 5 unspecified atom stereocenters. The van der Waals surface area contributed by atoms with Gasteiger partial charge in [0.2, 0.25) is 0 Å². The number of ether oxygens (including phenoxy) is 1. The summed E-state index contributed by atoms with van der Waals surface area (Å²) in [7, 11) is 0. The van der Waals surface area contributed by atoms with Crippen molar-refractivity contribution in [3.8, 4) is 17.2 Å². The lowest BCUT2D eigenvalue weighted by molar-refractivity contribution is -0.232. The Hall–Kier alpha value is -1.91. The van der Waals surface area contributed by atoms with Crippen LogP contribution in [-0.4, -0.2) is 72.6 Å². The molecule has 7 N–H and O–H groups in total. The van der Waals surface area contributed by atoms with Gasteiger partial charge in [0.25, 0.3) is 0 Å². The predicted octanol–water partition coefficient (Wildman–Crippen LogP) is -1.48. The largest absolute Gasteiger partial charge is 0.507 e. The molecule has 0 saturated carbocycles. The second-order valence-corrected chi connectivity index (χ2v) is 5.36. The molecule has 128 valence electrons. The van der Waals surface area contributed by atoms with Crippen molar-refractivity contribution in [2.75, 3.05) is 6.61 Å². The molecule has 1 aliphatic heterocycles. The van der Waals surface area contributed by atoms with Crippen molar-refractivity contribution < 1.29 is 45.3 Å². The van der Waals surface area contributed by atoms with Crippen LogP contribution in [0.4, 0.5) is 0 Å². The number of ketones is 1. The summed E-state index contributed by atoms with van der Waals surface area (Å²) in [6.07, 6.45) is -7.89. The summed E-state index contributed by atoms with van der Waals surface area (Å²) in [5, 5.41) is 68.4. The van der Waals surface area contributed by atoms with E-state index in [0.717, 1.165) is 13.0 Å². The van der Waals surface area contributed by atoms with Gasteiger partial charge in [-0.1, -0.05) is 0 Å². The van der Waals surface area contributed by atoms with Crippen molar-refractivity contribution in [3.05, 3.63) is 17.2 Å². The number of rotatable bonds is 3. The second kappa shape index (κ2) is 6.30. The van der Waals surface area contributed by atoms with E-state index in [0.29, 0.717) is 0 Å². The molecule has 0 aliphatic carbocycles. The Balaban J connectivity index is 2.56. The number of benzene rings is 1. The van der Waals surface area contributed by atoms with Gasteiger partial charge in [0.05, 0.1) is 12.2 Å². The van der Waals surface area contributed by atoms with Gasteiger partial charge in [-0.05, 0) is 6.92 Å². The van der Waals surface area contributed by atoms with E-state index >= 15 is 0 Å². The van der Waals surface area contributed by atoms with E-state index < -0.39 is 71.3 Å². The minimum absolute atomic E-state index is 0.440. The minimum Gasteiger partial charge on any atom is -0.507 e. The zero-order valence-electron chi connectivity index (χ0n) is 12.1. The average Bonchev–Trinajstić information content (AvgIpc) is 2.46. The number of carbonyl (C=O) groups is 1. The Morgan fingerprint density at radius 2 is 1.70 bits per heavy atom. The lowest BCUT2D eigenvalue weighted by Crippen LogP contribution is -2.55. The Morgan fingerprint density at radius 1 is 1.09 bits per heavy atom. The summed E-state index contributed by atoms with van der Waals surface area (Å²) in [5.74, 6) is -2.87.